The maximum atomic E-state index is 12.6. The minimum atomic E-state index is -0.0621. The molecule has 3 aromatic rings. The van der Waals surface area contributed by atoms with E-state index in [4.69, 9.17) is 16.3 Å². The molecule has 0 aliphatic heterocycles. The Morgan fingerprint density at radius 2 is 2.06 bits per heavy atom. The molecule has 0 saturated carbocycles. The van der Waals surface area contributed by atoms with Gasteiger partial charge in [0.1, 0.15) is 23.5 Å². The number of carbonyl (C=O) groups is 1. The fraction of sp³-hybridized carbons (Fsp3) is 0.435. The minimum Gasteiger partial charge on any atom is -0.489 e. The zero-order chi connectivity index (χ0) is 22.1. The number of nitrogens with zero attached hydrogens (tertiary/aromatic N) is 2. The smallest absolute Gasteiger partial charge is 0.223 e. The van der Waals surface area contributed by atoms with Gasteiger partial charge in [-0.1, -0.05) is 11.6 Å². The lowest BCUT2D eigenvalue weighted by molar-refractivity contribution is -0.125. The number of fused-ring (bicyclic) bond motifs is 3. The van der Waals surface area contributed by atoms with Crippen molar-refractivity contribution in [2.75, 3.05) is 5.32 Å². The molecule has 1 amide bonds. The van der Waals surface area contributed by atoms with E-state index in [1.165, 1.54) is 6.33 Å². The fourth-order valence-corrected chi connectivity index (χ4v) is 4.22. The van der Waals surface area contributed by atoms with Crippen LogP contribution in [0.15, 0.2) is 24.5 Å². The highest BCUT2D eigenvalue weighted by atomic mass is 35.5. The third-order valence-corrected chi connectivity index (χ3v) is 5.57. The van der Waals surface area contributed by atoms with Gasteiger partial charge < -0.3 is 20.4 Å². The number of aromatic amines is 1. The lowest BCUT2D eigenvalue weighted by atomic mass is 9.86. The molecule has 0 radical (unpaired) electrons. The lowest BCUT2D eigenvalue weighted by Crippen LogP contribution is -2.37. The number of aromatic nitrogens is 3. The predicted molar refractivity (Wildman–Crippen MR) is 123 cm³/mol. The van der Waals surface area contributed by atoms with E-state index in [2.05, 4.69) is 25.6 Å². The van der Waals surface area contributed by atoms with Gasteiger partial charge in [0, 0.05) is 22.7 Å². The Bertz CT molecular complexity index is 1110. The number of ether oxygens (including phenoxy) is 1. The van der Waals surface area contributed by atoms with Gasteiger partial charge in [0.25, 0.3) is 0 Å². The van der Waals surface area contributed by atoms with Crippen LogP contribution in [-0.4, -0.2) is 33.0 Å². The van der Waals surface area contributed by atoms with Gasteiger partial charge in [-0.05, 0) is 70.7 Å². The summed E-state index contributed by atoms with van der Waals surface area (Å²) in [5.41, 5.74) is 3.72. The molecule has 0 saturated heterocycles. The van der Waals surface area contributed by atoms with E-state index in [1.807, 2.05) is 39.8 Å². The van der Waals surface area contributed by atoms with Crippen LogP contribution in [0, 0.1) is 5.92 Å². The predicted octanol–water partition coefficient (Wildman–Crippen LogP) is 4.77. The van der Waals surface area contributed by atoms with Gasteiger partial charge in [-0.15, -0.1) is 0 Å². The number of anilines is 2. The minimum absolute atomic E-state index is 0.0207. The third-order valence-electron chi connectivity index (χ3n) is 5.34. The van der Waals surface area contributed by atoms with E-state index in [1.54, 1.807) is 6.07 Å². The van der Waals surface area contributed by atoms with Crippen LogP contribution in [0.2, 0.25) is 5.02 Å². The van der Waals surface area contributed by atoms with Crippen LogP contribution < -0.4 is 15.4 Å². The Labute approximate surface area is 187 Å². The van der Waals surface area contributed by atoms with Gasteiger partial charge in [-0.25, -0.2) is 9.97 Å². The summed E-state index contributed by atoms with van der Waals surface area (Å²) < 4.78 is 5.94. The van der Waals surface area contributed by atoms with Crippen molar-refractivity contribution in [2.24, 2.45) is 5.92 Å². The number of H-pyrrole nitrogens is 1. The molecule has 3 N–H and O–H groups in total. The highest BCUT2D eigenvalue weighted by Gasteiger charge is 2.29. The molecule has 1 aliphatic carbocycles. The molecular weight excluding hydrogens is 414 g/mol. The second kappa shape index (κ2) is 8.75. The summed E-state index contributed by atoms with van der Waals surface area (Å²) in [7, 11) is 0. The number of carbonyl (C=O) groups excluding carboxylic acids is 1. The summed E-state index contributed by atoms with van der Waals surface area (Å²) in [4.78, 5) is 25.0. The largest absolute Gasteiger partial charge is 0.489 e. The van der Waals surface area contributed by atoms with Gasteiger partial charge >= 0.3 is 0 Å². The first-order valence-electron chi connectivity index (χ1n) is 10.7. The molecule has 1 atom stereocenters. The molecule has 1 aromatic carbocycles. The van der Waals surface area contributed by atoms with Gasteiger partial charge in [-0.2, -0.15) is 0 Å². The molecule has 4 rings (SSSR count). The van der Waals surface area contributed by atoms with Crippen molar-refractivity contribution in [1.29, 1.82) is 0 Å². The van der Waals surface area contributed by atoms with Crippen LogP contribution >= 0.6 is 11.6 Å². The molecule has 0 spiro atoms. The fourth-order valence-electron chi connectivity index (χ4n) is 4.05. The second-order valence-electron chi connectivity index (χ2n) is 8.56. The van der Waals surface area contributed by atoms with Crippen LogP contribution in [0.3, 0.4) is 0 Å². The van der Waals surface area contributed by atoms with Gasteiger partial charge in [0.15, 0.2) is 0 Å². The van der Waals surface area contributed by atoms with Gasteiger partial charge in [-0.3, -0.25) is 4.79 Å². The second-order valence-corrected chi connectivity index (χ2v) is 9.00. The monoisotopic (exact) mass is 441 g/mol. The molecule has 31 heavy (non-hydrogen) atoms. The van der Waals surface area contributed by atoms with E-state index < -0.39 is 0 Å². The van der Waals surface area contributed by atoms with E-state index in [0.29, 0.717) is 23.0 Å². The standard InChI is InChI=1S/C23H28ClN5O2/c1-12(2)27-23(30)14-5-7-17-16(9-14)20-21(28-17)25-11-26-22(20)29-18-10-15(24)6-8-19(18)31-13(3)4/h6,8,10-14H,5,7,9H2,1-4H3,(H,27,30)(H2,25,26,28,29)/t14-/m0/s1. The van der Waals surface area contributed by atoms with Crippen molar-refractivity contribution in [1.82, 2.24) is 20.3 Å². The zero-order valence-electron chi connectivity index (χ0n) is 18.3. The average molecular weight is 442 g/mol. The van der Waals surface area contributed by atoms with Crippen molar-refractivity contribution in [3.05, 3.63) is 40.8 Å². The molecule has 0 fully saturated rings. The Balaban J connectivity index is 1.71. The lowest BCUT2D eigenvalue weighted by Gasteiger charge is -2.23. The molecule has 8 heteroatoms. The third kappa shape index (κ3) is 4.61. The zero-order valence-corrected chi connectivity index (χ0v) is 19.0. The molecule has 2 heterocycles. The van der Waals surface area contributed by atoms with E-state index in [-0.39, 0.29) is 24.0 Å². The van der Waals surface area contributed by atoms with Crippen molar-refractivity contribution < 1.29 is 9.53 Å². The molecule has 0 bridgehead atoms. The number of hydrogen-bond donors (Lipinski definition) is 3. The van der Waals surface area contributed by atoms with E-state index >= 15 is 0 Å². The first kappa shape index (κ1) is 21.4. The van der Waals surface area contributed by atoms with Gasteiger partial charge in [0.05, 0.1) is 17.2 Å². The Morgan fingerprint density at radius 3 is 2.81 bits per heavy atom. The van der Waals surface area contributed by atoms with Crippen molar-refractivity contribution in [3.63, 3.8) is 0 Å². The van der Waals surface area contributed by atoms with Crippen LogP contribution in [0.5, 0.6) is 5.75 Å². The number of hydrogen-bond acceptors (Lipinski definition) is 5. The maximum Gasteiger partial charge on any atom is 0.223 e. The number of rotatable bonds is 6. The molecule has 164 valence electrons. The van der Waals surface area contributed by atoms with Crippen molar-refractivity contribution in [2.45, 2.75) is 59.1 Å². The summed E-state index contributed by atoms with van der Waals surface area (Å²) in [5.74, 6) is 1.41. The maximum absolute atomic E-state index is 12.6. The van der Waals surface area contributed by atoms with Crippen molar-refractivity contribution in [3.8, 4) is 5.75 Å². The number of amides is 1. The van der Waals surface area contributed by atoms with Gasteiger partial charge in [0.2, 0.25) is 5.91 Å². The van der Waals surface area contributed by atoms with Crippen LogP contribution in [0.1, 0.15) is 45.4 Å². The highest BCUT2D eigenvalue weighted by Crippen LogP contribution is 2.37. The number of benzene rings is 1. The van der Waals surface area contributed by atoms with Crippen LogP contribution in [0.4, 0.5) is 11.5 Å². The first-order valence-corrected chi connectivity index (χ1v) is 11.1. The number of nitrogens with one attached hydrogen (secondary N) is 3. The number of halogens is 1. The van der Waals surface area contributed by atoms with Crippen LogP contribution in [-0.2, 0) is 17.6 Å². The summed E-state index contributed by atoms with van der Waals surface area (Å²) in [5, 5.41) is 7.95. The topological polar surface area (TPSA) is 91.9 Å². The van der Waals surface area contributed by atoms with E-state index in [9.17, 15) is 4.79 Å². The quantitative estimate of drug-likeness (QED) is 0.512. The first-order chi connectivity index (χ1) is 14.8. The Kier molecular flexibility index (Phi) is 6.05. The molecule has 1 aliphatic rings. The highest BCUT2D eigenvalue weighted by molar-refractivity contribution is 6.31. The average Bonchev–Trinajstić information content (AvgIpc) is 3.08. The van der Waals surface area contributed by atoms with Crippen LogP contribution in [0.25, 0.3) is 11.0 Å². The summed E-state index contributed by atoms with van der Waals surface area (Å²) in [6.07, 6.45) is 3.83. The SMILES string of the molecule is CC(C)NC(=O)[C@H]1CCc2[nH]c3ncnc(Nc4cc(Cl)ccc4OC(C)C)c3c2C1. The summed E-state index contributed by atoms with van der Waals surface area (Å²) in [6.45, 7) is 7.92. The van der Waals surface area contributed by atoms with E-state index in [0.717, 1.165) is 40.8 Å². The molecule has 7 nitrogen and oxygen atoms in total. The normalized spacial score (nSPS) is 15.9. The molecule has 2 aromatic heterocycles. The molecule has 0 unspecified atom stereocenters. The Hall–Kier alpha value is -2.80. The number of aryl methyl sites for hydroxylation is 1. The summed E-state index contributed by atoms with van der Waals surface area (Å²) in [6, 6.07) is 5.60. The van der Waals surface area contributed by atoms with Crippen molar-refractivity contribution >= 4 is 40.0 Å². The summed E-state index contributed by atoms with van der Waals surface area (Å²) >= 11 is 6.25. The Morgan fingerprint density at radius 1 is 1.26 bits per heavy atom. The molecular formula is C23H28ClN5O2.